The molecule has 6 nitrogen and oxygen atoms in total. The molecule has 0 aliphatic carbocycles. The number of hydrogen-bond acceptors (Lipinski definition) is 3. The first kappa shape index (κ1) is 16.0. The molecular formula is C16H22N4O2. The number of aryl methyl sites for hydroxylation is 2. The lowest BCUT2D eigenvalue weighted by Gasteiger charge is -2.04. The van der Waals surface area contributed by atoms with Crippen molar-refractivity contribution in [1.29, 1.82) is 0 Å². The minimum Gasteiger partial charge on any atom is -0.396 e. The molecule has 2 amide bonds. The van der Waals surface area contributed by atoms with E-state index in [0.717, 1.165) is 25.0 Å². The van der Waals surface area contributed by atoms with Crippen LogP contribution in [0.2, 0.25) is 0 Å². The molecule has 2 aromatic rings. The second-order valence-corrected chi connectivity index (χ2v) is 5.08. The Labute approximate surface area is 129 Å². The van der Waals surface area contributed by atoms with Crippen molar-refractivity contribution >= 4 is 11.8 Å². The highest BCUT2D eigenvalue weighted by Gasteiger charge is 2.05. The van der Waals surface area contributed by atoms with Crippen molar-refractivity contribution in [3.05, 3.63) is 47.7 Å². The SMILES string of the molecule is O=C(NCCCCO)Nc1cc(CCc2ccccc2)[nH]n1. The number of unbranched alkanes of at least 4 members (excludes halogenated alkanes) is 1. The summed E-state index contributed by atoms with van der Waals surface area (Å²) in [5.41, 5.74) is 2.26. The summed E-state index contributed by atoms with van der Waals surface area (Å²) >= 11 is 0. The van der Waals surface area contributed by atoms with Crippen LogP contribution in [0.4, 0.5) is 10.6 Å². The molecule has 0 bridgehead atoms. The fourth-order valence-corrected chi connectivity index (χ4v) is 2.08. The van der Waals surface area contributed by atoms with Crippen molar-refractivity contribution in [2.24, 2.45) is 0 Å². The van der Waals surface area contributed by atoms with E-state index in [4.69, 9.17) is 5.11 Å². The Morgan fingerprint density at radius 2 is 2.00 bits per heavy atom. The Kier molecular flexibility index (Phi) is 6.44. The predicted molar refractivity (Wildman–Crippen MR) is 85.8 cm³/mol. The Morgan fingerprint density at radius 3 is 2.77 bits per heavy atom. The van der Waals surface area contributed by atoms with Gasteiger partial charge in [0.25, 0.3) is 0 Å². The number of aliphatic hydroxyl groups is 1. The Hall–Kier alpha value is -2.34. The van der Waals surface area contributed by atoms with Crippen LogP contribution in [0.25, 0.3) is 0 Å². The van der Waals surface area contributed by atoms with E-state index >= 15 is 0 Å². The second kappa shape index (κ2) is 8.84. The minimum absolute atomic E-state index is 0.146. The minimum atomic E-state index is -0.279. The molecule has 0 atom stereocenters. The Balaban J connectivity index is 1.73. The predicted octanol–water partition coefficient (Wildman–Crippen LogP) is 2.09. The van der Waals surface area contributed by atoms with Gasteiger partial charge in [0.2, 0.25) is 0 Å². The first-order valence-corrected chi connectivity index (χ1v) is 7.52. The first-order valence-electron chi connectivity index (χ1n) is 7.52. The molecule has 1 heterocycles. The zero-order valence-electron chi connectivity index (χ0n) is 12.5. The molecule has 0 saturated carbocycles. The topological polar surface area (TPSA) is 90.0 Å². The summed E-state index contributed by atoms with van der Waals surface area (Å²) in [5, 5.41) is 21.1. The van der Waals surface area contributed by atoms with E-state index in [1.54, 1.807) is 0 Å². The number of aromatic nitrogens is 2. The Bertz CT molecular complexity index is 569. The number of aromatic amines is 1. The molecular weight excluding hydrogens is 280 g/mol. The fraction of sp³-hybridized carbons (Fsp3) is 0.375. The normalized spacial score (nSPS) is 10.4. The number of carbonyl (C=O) groups excluding carboxylic acids is 1. The number of urea groups is 1. The number of anilines is 1. The fourth-order valence-electron chi connectivity index (χ4n) is 2.08. The van der Waals surface area contributed by atoms with Crippen molar-refractivity contribution in [2.75, 3.05) is 18.5 Å². The molecule has 6 heteroatoms. The van der Waals surface area contributed by atoms with Gasteiger partial charge in [-0.15, -0.1) is 0 Å². The van der Waals surface area contributed by atoms with Crippen LogP contribution >= 0.6 is 0 Å². The van der Waals surface area contributed by atoms with Crippen molar-refractivity contribution in [3.8, 4) is 0 Å². The third kappa shape index (κ3) is 5.57. The molecule has 2 rings (SSSR count). The third-order valence-corrected chi connectivity index (χ3v) is 3.27. The Morgan fingerprint density at radius 1 is 1.18 bits per heavy atom. The van der Waals surface area contributed by atoms with Crippen LogP contribution in [0.3, 0.4) is 0 Å². The average molecular weight is 302 g/mol. The molecule has 1 aromatic heterocycles. The summed E-state index contributed by atoms with van der Waals surface area (Å²) in [6.45, 7) is 0.686. The van der Waals surface area contributed by atoms with Crippen molar-refractivity contribution in [2.45, 2.75) is 25.7 Å². The van der Waals surface area contributed by atoms with Gasteiger partial charge in [-0.05, 0) is 31.2 Å². The molecule has 0 saturated heterocycles. The van der Waals surface area contributed by atoms with Gasteiger partial charge in [-0.3, -0.25) is 10.4 Å². The second-order valence-electron chi connectivity index (χ2n) is 5.08. The third-order valence-electron chi connectivity index (χ3n) is 3.27. The first-order chi connectivity index (χ1) is 10.8. The van der Waals surface area contributed by atoms with Crippen LogP contribution in [0.15, 0.2) is 36.4 Å². The maximum Gasteiger partial charge on any atom is 0.320 e. The van der Waals surface area contributed by atoms with Gasteiger partial charge in [0.05, 0.1) is 0 Å². The standard InChI is InChI=1S/C16H22N4O2/c21-11-5-4-10-17-16(22)18-15-12-14(19-20-15)9-8-13-6-2-1-3-7-13/h1-3,6-7,12,21H,4-5,8-11H2,(H3,17,18,19,20,22). The van der Waals surface area contributed by atoms with Crippen LogP contribution in [-0.2, 0) is 12.8 Å². The van der Waals surface area contributed by atoms with Gasteiger partial charge in [0.15, 0.2) is 5.82 Å². The van der Waals surface area contributed by atoms with Gasteiger partial charge in [0.1, 0.15) is 0 Å². The van der Waals surface area contributed by atoms with E-state index in [9.17, 15) is 4.79 Å². The molecule has 0 aliphatic rings. The number of rotatable bonds is 8. The highest BCUT2D eigenvalue weighted by Crippen LogP contribution is 2.09. The maximum atomic E-state index is 11.6. The zero-order valence-corrected chi connectivity index (χ0v) is 12.5. The average Bonchev–Trinajstić information content (AvgIpc) is 2.98. The van der Waals surface area contributed by atoms with E-state index in [-0.39, 0.29) is 12.6 Å². The van der Waals surface area contributed by atoms with E-state index in [0.29, 0.717) is 18.8 Å². The van der Waals surface area contributed by atoms with Crippen molar-refractivity contribution < 1.29 is 9.90 Å². The zero-order chi connectivity index (χ0) is 15.6. The number of aliphatic hydroxyl groups excluding tert-OH is 1. The van der Waals surface area contributed by atoms with Gasteiger partial charge in [-0.2, -0.15) is 5.10 Å². The van der Waals surface area contributed by atoms with E-state index in [1.807, 2.05) is 24.3 Å². The highest BCUT2D eigenvalue weighted by atomic mass is 16.3. The summed E-state index contributed by atoms with van der Waals surface area (Å²) in [6, 6.07) is 11.8. The maximum absolute atomic E-state index is 11.6. The van der Waals surface area contributed by atoms with Crippen LogP contribution in [0.5, 0.6) is 0 Å². The molecule has 0 unspecified atom stereocenters. The van der Waals surface area contributed by atoms with Gasteiger partial charge < -0.3 is 10.4 Å². The number of benzene rings is 1. The summed E-state index contributed by atoms with van der Waals surface area (Å²) in [6.07, 6.45) is 3.21. The van der Waals surface area contributed by atoms with Gasteiger partial charge in [-0.25, -0.2) is 4.79 Å². The summed E-state index contributed by atoms with van der Waals surface area (Å²) in [4.78, 5) is 11.6. The number of hydrogen-bond donors (Lipinski definition) is 4. The number of amides is 2. The van der Waals surface area contributed by atoms with E-state index in [1.165, 1.54) is 5.56 Å². The number of nitrogens with zero attached hydrogens (tertiary/aromatic N) is 1. The lowest BCUT2D eigenvalue weighted by Crippen LogP contribution is -2.29. The molecule has 0 aliphatic heterocycles. The summed E-state index contributed by atoms with van der Waals surface area (Å²) in [5.74, 6) is 0.516. The molecule has 0 fully saturated rings. The van der Waals surface area contributed by atoms with E-state index < -0.39 is 0 Å². The van der Waals surface area contributed by atoms with Gasteiger partial charge in [-0.1, -0.05) is 30.3 Å². The van der Waals surface area contributed by atoms with Crippen LogP contribution < -0.4 is 10.6 Å². The lowest BCUT2D eigenvalue weighted by atomic mass is 10.1. The van der Waals surface area contributed by atoms with Crippen LogP contribution in [-0.4, -0.2) is 34.5 Å². The van der Waals surface area contributed by atoms with Crippen molar-refractivity contribution in [1.82, 2.24) is 15.5 Å². The lowest BCUT2D eigenvalue weighted by molar-refractivity contribution is 0.250. The van der Waals surface area contributed by atoms with E-state index in [2.05, 4.69) is 33.0 Å². The largest absolute Gasteiger partial charge is 0.396 e. The quantitative estimate of drug-likeness (QED) is 0.563. The molecule has 118 valence electrons. The van der Waals surface area contributed by atoms with Crippen LogP contribution in [0, 0.1) is 0 Å². The monoisotopic (exact) mass is 302 g/mol. The molecule has 22 heavy (non-hydrogen) atoms. The molecule has 4 N–H and O–H groups in total. The smallest absolute Gasteiger partial charge is 0.320 e. The molecule has 0 spiro atoms. The number of H-pyrrole nitrogens is 1. The number of carbonyl (C=O) groups is 1. The highest BCUT2D eigenvalue weighted by molar-refractivity contribution is 5.88. The van der Waals surface area contributed by atoms with Gasteiger partial charge >= 0.3 is 6.03 Å². The van der Waals surface area contributed by atoms with Crippen LogP contribution in [0.1, 0.15) is 24.1 Å². The summed E-state index contributed by atoms with van der Waals surface area (Å²) in [7, 11) is 0. The number of nitrogens with one attached hydrogen (secondary N) is 3. The van der Waals surface area contributed by atoms with Gasteiger partial charge in [0, 0.05) is 24.9 Å². The molecule has 0 radical (unpaired) electrons. The molecule has 1 aromatic carbocycles. The van der Waals surface area contributed by atoms with Crippen molar-refractivity contribution in [3.63, 3.8) is 0 Å². The summed E-state index contributed by atoms with van der Waals surface area (Å²) < 4.78 is 0.